The van der Waals surface area contributed by atoms with E-state index >= 15 is 0 Å². The molecule has 0 aliphatic heterocycles. The molecule has 0 aliphatic carbocycles. The first-order valence-electron chi connectivity index (χ1n) is 0.408. The molecule has 0 aromatic carbocycles. The molecule has 0 nitrogen and oxygen atoms in total. The van der Waals surface area contributed by atoms with Crippen molar-refractivity contribution >= 4 is 17.6 Å². The molecule has 0 amide bonds. The van der Waals surface area contributed by atoms with E-state index in [1.165, 1.54) is 10.1 Å². The van der Waals surface area contributed by atoms with Crippen LogP contribution in [0.25, 0.3) is 0 Å². The van der Waals surface area contributed by atoms with Crippen LogP contribution in [0.3, 0.4) is 0 Å². The Balaban J connectivity index is -0.00000000500. The van der Waals surface area contributed by atoms with Crippen molar-refractivity contribution in [2.75, 3.05) is 0 Å². The van der Waals surface area contributed by atoms with Gasteiger partial charge in [-0.2, -0.15) is 0 Å². The van der Waals surface area contributed by atoms with Gasteiger partial charge in [-0.05, 0) is 10.1 Å². The van der Waals surface area contributed by atoms with Gasteiger partial charge >= 0.3 is 0 Å². The summed E-state index contributed by atoms with van der Waals surface area (Å²) in [5, 5.41) is 0. The topological polar surface area (TPSA) is 0 Å². The maximum absolute atomic E-state index is 4.53. The van der Waals surface area contributed by atoms with Crippen LogP contribution in [0.4, 0.5) is 0 Å². The molecular formula is H2BCoFeSi. The molecule has 4 radical (unpaired) electrons. The molecule has 0 aromatic heterocycles. The summed E-state index contributed by atoms with van der Waals surface area (Å²) in [6.45, 7) is 0. The normalized spacial score (nSPS) is 1.25. The van der Waals surface area contributed by atoms with Crippen LogP contribution >= 0.6 is 0 Å². The Morgan fingerprint density at radius 2 is 1.25 bits per heavy atom. The maximum atomic E-state index is 4.53. The SMILES string of the molecule is [B][SiH2].[Co].[Fe]. The van der Waals surface area contributed by atoms with E-state index in [-0.39, 0.29) is 33.8 Å². The smallest absolute Gasteiger partial charge is 0.0410 e. The van der Waals surface area contributed by atoms with Crippen LogP contribution in [0.1, 0.15) is 0 Å². The Kier molecular flexibility index (Phi) is 127. The predicted octanol–water partition coefficient (Wildman–Crippen LogP) is -1.30. The standard InChI is InChI=1S/BH2Si.Co.Fe/c1-2;;/h2H2;;. The van der Waals surface area contributed by atoms with Crippen LogP contribution in [-0.2, 0) is 33.8 Å². The molecule has 0 N–H and O–H groups in total. The van der Waals surface area contributed by atoms with Gasteiger partial charge in [0, 0.05) is 41.3 Å². The van der Waals surface area contributed by atoms with E-state index in [1.807, 2.05) is 0 Å². The van der Waals surface area contributed by atoms with Crippen LogP contribution in [-0.4, -0.2) is 17.6 Å². The van der Waals surface area contributed by atoms with Crippen LogP contribution in [0.5, 0.6) is 0 Å². The van der Waals surface area contributed by atoms with Crippen molar-refractivity contribution in [3.8, 4) is 0 Å². The monoisotopic (exact) mass is 156 g/mol. The van der Waals surface area contributed by atoms with Crippen LogP contribution in [0.15, 0.2) is 0 Å². The molecule has 0 fully saturated rings. The fourth-order valence-electron chi connectivity index (χ4n) is 0. The third kappa shape index (κ3) is 10.3. The summed E-state index contributed by atoms with van der Waals surface area (Å²) in [4.78, 5) is 0. The van der Waals surface area contributed by atoms with Crippen molar-refractivity contribution in [3.05, 3.63) is 0 Å². The van der Waals surface area contributed by atoms with Gasteiger partial charge in [0.25, 0.3) is 0 Å². The van der Waals surface area contributed by atoms with Gasteiger partial charge in [0.1, 0.15) is 0 Å². The van der Waals surface area contributed by atoms with Gasteiger partial charge in [-0.3, -0.25) is 0 Å². The number of hydrogen-bond acceptors (Lipinski definition) is 0. The zero-order valence-electron chi connectivity index (χ0n) is 1.97. The molecule has 0 atom stereocenters. The molecule has 0 saturated carbocycles. The van der Waals surface area contributed by atoms with E-state index in [4.69, 9.17) is 0 Å². The first-order valence-corrected chi connectivity index (χ1v) is 1.22. The van der Waals surface area contributed by atoms with Gasteiger partial charge in [0.2, 0.25) is 0 Å². The zero-order chi connectivity index (χ0) is 2.00. The Hall–Kier alpha value is 1.31. The van der Waals surface area contributed by atoms with Crippen molar-refractivity contribution in [2.24, 2.45) is 0 Å². The Labute approximate surface area is 51.6 Å². The van der Waals surface area contributed by atoms with Crippen LogP contribution < -0.4 is 0 Å². The minimum atomic E-state index is 0. The second kappa shape index (κ2) is 27.6. The predicted molar refractivity (Wildman–Crippen MR) is 14.3 cm³/mol. The summed E-state index contributed by atoms with van der Waals surface area (Å²) < 4.78 is 0. The molecule has 0 aromatic rings. The summed E-state index contributed by atoms with van der Waals surface area (Å²) in [7, 11) is 5.89. The Morgan fingerprint density at radius 1 is 1.25 bits per heavy atom. The van der Waals surface area contributed by atoms with Gasteiger partial charge in [0.05, 0.1) is 0 Å². The molecule has 0 unspecified atom stereocenters. The summed E-state index contributed by atoms with van der Waals surface area (Å²) in [6, 6.07) is 0. The molecule has 0 spiro atoms. The average Bonchev–Trinajstić information content (AvgIpc) is 1.00. The van der Waals surface area contributed by atoms with Gasteiger partial charge < -0.3 is 0 Å². The van der Waals surface area contributed by atoms with E-state index < -0.39 is 0 Å². The molecule has 0 bridgehead atoms. The summed E-state index contributed by atoms with van der Waals surface area (Å²) in [5.74, 6) is 0. The van der Waals surface area contributed by atoms with E-state index in [2.05, 4.69) is 7.44 Å². The van der Waals surface area contributed by atoms with Gasteiger partial charge in [0.15, 0.2) is 0 Å². The van der Waals surface area contributed by atoms with Gasteiger partial charge in [-0.15, -0.1) is 0 Å². The number of rotatable bonds is 0. The van der Waals surface area contributed by atoms with Crippen molar-refractivity contribution < 1.29 is 33.8 Å². The van der Waals surface area contributed by atoms with E-state index in [9.17, 15) is 0 Å². The van der Waals surface area contributed by atoms with Gasteiger partial charge in [-0.25, -0.2) is 0 Å². The van der Waals surface area contributed by atoms with E-state index in [0.717, 1.165) is 0 Å². The third-order valence-corrected chi connectivity index (χ3v) is 0. The molecule has 4 heteroatoms. The average molecular weight is 156 g/mol. The summed E-state index contributed by atoms with van der Waals surface area (Å²) in [6.07, 6.45) is 0. The number of hydrogen-bond donors (Lipinski definition) is 0. The maximum Gasteiger partial charge on any atom is 0.0436 e. The Bertz CT molecular complexity index is 8.00. The van der Waals surface area contributed by atoms with Crippen molar-refractivity contribution in [3.63, 3.8) is 0 Å². The molecule has 0 aliphatic rings. The van der Waals surface area contributed by atoms with Gasteiger partial charge in [-0.1, -0.05) is 0 Å². The first kappa shape index (κ1) is 18.5. The molecule has 0 heterocycles. The Morgan fingerprint density at radius 3 is 1.25 bits per heavy atom. The minimum absolute atomic E-state index is 0. The second-order valence-electron chi connectivity index (χ2n) is 0. The summed E-state index contributed by atoms with van der Waals surface area (Å²) >= 11 is 0. The largest absolute Gasteiger partial charge is 0.0436 e. The molecule has 0 rings (SSSR count). The van der Waals surface area contributed by atoms with Crippen molar-refractivity contribution in [1.82, 2.24) is 0 Å². The van der Waals surface area contributed by atoms with E-state index in [0.29, 0.717) is 0 Å². The first-order chi connectivity index (χ1) is 1.00. The summed E-state index contributed by atoms with van der Waals surface area (Å²) in [5.41, 5.74) is 0. The fraction of sp³-hybridized carbons (Fsp3) is 0. The van der Waals surface area contributed by atoms with Crippen molar-refractivity contribution in [1.29, 1.82) is 0 Å². The molecule has 26 valence electrons. The second-order valence-corrected chi connectivity index (χ2v) is 0. The van der Waals surface area contributed by atoms with E-state index in [1.54, 1.807) is 0 Å². The van der Waals surface area contributed by atoms with Crippen LogP contribution in [0.2, 0.25) is 0 Å². The third-order valence-electron chi connectivity index (χ3n) is 0. The molecule has 4 heavy (non-hydrogen) atoms. The quantitative estimate of drug-likeness (QED) is 0.382. The van der Waals surface area contributed by atoms with Crippen molar-refractivity contribution in [2.45, 2.75) is 0 Å². The minimum Gasteiger partial charge on any atom is -0.0410 e. The molecular weight excluding hydrogens is 154 g/mol. The molecule has 0 saturated heterocycles. The van der Waals surface area contributed by atoms with Crippen LogP contribution in [0, 0.1) is 0 Å². The zero-order valence-corrected chi connectivity index (χ0v) is 5.53. The fourth-order valence-corrected chi connectivity index (χ4v) is 0.